The molecule has 120 valence electrons. The van der Waals surface area contributed by atoms with Crippen molar-refractivity contribution in [3.63, 3.8) is 0 Å². The molecule has 6 nitrogen and oxygen atoms in total. The summed E-state index contributed by atoms with van der Waals surface area (Å²) in [4.78, 5) is 22.6. The zero-order chi connectivity index (χ0) is 16.8. The predicted octanol–water partition coefficient (Wildman–Crippen LogP) is 4.67. The van der Waals surface area contributed by atoms with Gasteiger partial charge < -0.3 is 10.1 Å². The van der Waals surface area contributed by atoms with E-state index >= 15 is 0 Å². The van der Waals surface area contributed by atoms with Crippen LogP contribution in [-0.2, 0) is 4.74 Å². The van der Waals surface area contributed by atoms with Crippen LogP contribution in [0.1, 0.15) is 23.7 Å². The van der Waals surface area contributed by atoms with Crippen molar-refractivity contribution in [1.82, 2.24) is 0 Å². The number of esters is 1. The van der Waals surface area contributed by atoms with Gasteiger partial charge in [-0.25, -0.2) is 4.79 Å². The first-order chi connectivity index (χ1) is 11.0. The second-order valence-corrected chi connectivity index (χ2v) is 5.68. The van der Waals surface area contributed by atoms with Gasteiger partial charge in [-0.3, -0.25) is 10.1 Å². The van der Waals surface area contributed by atoms with Gasteiger partial charge >= 0.3 is 5.97 Å². The van der Waals surface area contributed by atoms with Gasteiger partial charge in [0.2, 0.25) is 0 Å². The van der Waals surface area contributed by atoms with Crippen LogP contribution in [0.4, 0.5) is 17.1 Å². The summed E-state index contributed by atoms with van der Waals surface area (Å²) < 4.78 is 5.85. The zero-order valence-corrected chi connectivity index (χ0v) is 14.0. The Hall–Kier alpha value is -2.41. The van der Waals surface area contributed by atoms with E-state index < -0.39 is 10.9 Å². The third kappa shape index (κ3) is 4.53. The maximum absolute atomic E-state index is 11.8. The first kappa shape index (κ1) is 17.0. The lowest BCUT2D eigenvalue weighted by Gasteiger charge is -2.09. The lowest BCUT2D eigenvalue weighted by molar-refractivity contribution is -0.383. The summed E-state index contributed by atoms with van der Waals surface area (Å²) >= 11 is 3.34. The molecule has 0 unspecified atom stereocenters. The van der Waals surface area contributed by atoms with Crippen LogP contribution in [0.15, 0.2) is 46.9 Å². The second-order valence-electron chi connectivity index (χ2n) is 4.76. The molecule has 2 aromatic carbocycles. The number of rotatable bonds is 6. The number of hydrogen-bond acceptors (Lipinski definition) is 5. The van der Waals surface area contributed by atoms with Crippen molar-refractivity contribution >= 4 is 39.0 Å². The van der Waals surface area contributed by atoms with Crippen LogP contribution in [0.3, 0.4) is 0 Å². The van der Waals surface area contributed by atoms with E-state index in [0.29, 0.717) is 17.8 Å². The number of hydrogen-bond donors (Lipinski definition) is 1. The number of halogens is 1. The fourth-order valence-corrected chi connectivity index (χ4v) is 2.31. The second kappa shape index (κ2) is 7.73. The summed E-state index contributed by atoms with van der Waals surface area (Å²) in [6.45, 7) is 2.16. The molecule has 0 fully saturated rings. The summed E-state index contributed by atoms with van der Waals surface area (Å²) in [7, 11) is 0. The van der Waals surface area contributed by atoms with Crippen LogP contribution >= 0.6 is 15.9 Å². The molecule has 0 atom stereocenters. The highest BCUT2D eigenvalue weighted by molar-refractivity contribution is 9.10. The number of ether oxygens (including phenoxy) is 1. The van der Waals surface area contributed by atoms with E-state index in [0.717, 1.165) is 4.47 Å². The number of nitro benzene ring substituents is 1. The summed E-state index contributed by atoms with van der Waals surface area (Å²) in [6.07, 6.45) is 0.691. The van der Waals surface area contributed by atoms with E-state index in [9.17, 15) is 14.9 Å². The molecular formula is C16H15BrN2O4. The minimum Gasteiger partial charge on any atom is -0.462 e. The summed E-state index contributed by atoms with van der Waals surface area (Å²) in [5, 5.41) is 14.3. The van der Waals surface area contributed by atoms with E-state index in [-0.39, 0.29) is 17.9 Å². The Morgan fingerprint density at radius 3 is 2.74 bits per heavy atom. The van der Waals surface area contributed by atoms with Crippen LogP contribution in [0.25, 0.3) is 0 Å². The van der Waals surface area contributed by atoms with E-state index in [4.69, 9.17) is 4.74 Å². The fourth-order valence-electron chi connectivity index (χ4n) is 1.92. The molecule has 0 amide bonds. The molecule has 0 heterocycles. The van der Waals surface area contributed by atoms with E-state index in [2.05, 4.69) is 21.2 Å². The first-order valence-corrected chi connectivity index (χ1v) is 7.78. The molecule has 0 aromatic heterocycles. The molecule has 0 spiro atoms. The number of carbonyl (C=O) groups is 1. The molecule has 1 N–H and O–H groups in total. The molecule has 7 heteroatoms. The van der Waals surface area contributed by atoms with E-state index in [1.54, 1.807) is 12.1 Å². The quantitative estimate of drug-likeness (QED) is 0.448. The molecule has 0 aliphatic carbocycles. The van der Waals surface area contributed by atoms with Crippen LogP contribution in [-0.4, -0.2) is 17.5 Å². The molecule has 0 saturated heterocycles. The lowest BCUT2D eigenvalue weighted by atomic mass is 10.1. The first-order valence-electron chi connectivity index (χ1n) is 6.99. The molecule has 2 rings (SSSR count). The van der Waals surface area contributed by atoms with Crippen molar-refractivity contribution in [2.45, 2.75) is 13.3 Å². The van der Waals surface area contributed by atoms with Crippen LogP contribution in [0, 0.1) is 10.1 Å². The van der Waals surface area contributed by atoms with Crippen molar-refractivity contribution in [3.8, 4) is 0 Å². The number of carbonyl (C=O) groups excluding carboxylic acids is 1. The molecule has 23 heavy (non-hydrogen) atoms. The smallest absolute Gasteiger partial charge is 0.338 e. The van der Waals surface area contributed by atoms with Gasteiger partial charge in [0.05, 0.1) is 17.1 Å². The molecule has 0 bridgehead atoms. The summed E-state index contributed by atoms with van der Waals surface area (Å²) in [5.74, 6) is -0.566. The van der Waals surface area contributed by atoms with Gasteiger partial charge in [-0.05, 0) is 36.8 Å². The van der Waals surface area contributed by atoms with Gasteiger partial charge in [-0.15, -0.1) is 0 Å². The van der Waals surface area contributed by atoms with Gasteiger partial charge in [0.25, 0.3) is 5.69 Å². The minimum atomic E-state index is -0.566. The van der Waals surface area contributed by atoms with Crippen LogP contribution in [0.5, 0.6) is 0 Å². The number of anilines is 2. The molecule has 0 saturated carbocycles. The Kier molecular flexibility index (Phi) is 5.70. The van der Waals surface area contributed by atoms with Crippen LogP contribution < -0.4 is 5.32 Å². The minimum absolute atomic E-state index is 0.157. The molecule has 2 aromatic rings. The van der Waals surface area contributed by atoms with Crippen molar-refractivity contribution in [1.29, 1.82) is 0 Å². The van der Waals surface area contributed by atoms with Gasteiger partial charge in [-0.1, -0.05) is 28.9 Å². The molecule has 0 radical (unpaired) electrons. The Labute approximate surface area is 141 Å². The van der Waals surface area contributed by atoms with Crippen molar-refractivity contribution < 1.29 is 14.5 Å². The highest BCUT2D eigenvalue weighted by Crippen LogP contribution is 2.29. The van der Waals surface area contributed by atoms with Gasteiger partial charge in [0.1, 0.15) is 5.69 Å². The third-order valence-electron chi connectivity index (χ3n) is 2.97. The highest BCUT2D eigenvalue weighted by Gasteiger charge is 2.18. The fraction of sp³-hybridized carbons (Fsp3) is 0.188. The van der Waals surface area contributed by atoms with Gasteiger partial charge in [0, 0.05) is 16.2 Å². The maximum Gasteiger partial charge on any atom is 0.338 e. The average Bonchev–Trinajstić information content (AvgIpc) is 2.52. The predicted molar refractivity (Wildman–Crippen MR) is 91.1 cm³/mol. The molecular weight excluding hydrogens is 364 g/mol. The Morgan fingerprint density at radius 2 is 2.09 bits per heavy atom. The number of benzene rings is 2. The standard InChI is InChI=1S/C16H15BrN2O4/c1-2-8-23-16(20)11-6-7-14(15(9-11)19(21)22)18-13-5-3-4-12(17)10-13/h3-7,9-10,18H,2,8H2,1H3. The van der Waals surface area contributed by atoms with E-state index in [1.165, 1.54) is 18.2 Å². The van der Waals surface area contributed by atoms with Crippen molar-refractivity contribution in [2.75, 3.05) is 11.9 Å². The Morgan fingerprint density at radius 1 is 1.30 bits per heavy atom. The molecule has 0 aliphatic heterocycles. The monoisotopic (exact) mass is 378 g/mol. The van der Waals surface area contributed by atoms with Crippen molar-refractivity contribution in [2.24, 2.45) is 0 Å². The topological polar surface area (TPSA) is 81.5 Å². The normalized spacial score (nSPS) is 10.2. The highest BCUT2D eigenvalue weighted by atomic mass is 79.9. The lowest BCUT2D eigenvalue weighted by Crippen LogP contribution is -2.07. The Bertz CT molecular complexity index is 734. The van der Waals surface area contributed by atoms with Gasteiger partial charge in [0.15, 0.2) is 0 Å². The Balaban J connectivity index is 2.29. The average molecular weight is 379 g/mol. The maximum atomic E-state index is 11.8. The number of nitro groups is 1. The number of nitrogens with zero attached hydrogens (tertiary/aromatic N) is 1. The largest absolute Gasteiger partial charge is 0.462 e. The van der Waals surface area contributed by atoms with Crippen LogP contribution in [0.2, 0.25) is 0 Å². The summed E-state index contributed by atoms with van der Waals surface area (Å²) in [5.41, 5.74) is 0.977. The van der Waals surface area contributed by atoms with Crippen molar-refractivity contribution in [3.05, 3.63) is 62.6 Å². The molecule has 0 aliphatic rings. The van der Waals surface area contributed by atoms with Gasteiger partial charge in [-0.2, -0.15) is 0 Å². The summed E-state index contributed by atoms with van der Waals surface area (Å²) in [6, 6.07) is 11.5. The third-order valence-corrected chi connectivity index (χ3v) is 3.46. The number of nitrogens with one attached hydrogen (secondary N) is 1. The SMILES string of the molecule is CCCOC(=O)c1ccc(Nc2cccc(Br)c2)c([N+](=O)[O-])c1. The zero-order valence-electron chi connectivity index (χ0n) is 12.4. The van der Waals surface area contributed by atoms with E-state index in [1.807, 2.05) is 19.1 Å².